The highest BCUT2D eigenvalue weighted by Crippen LogP contribution is 2.08. The minimum atomic E-state index is 0.143. The summed E-state index contributed by atoms with van der Waals surface area (Å²) in [6.45, 7) is 3.04. The second-order valence-corrected chi connectivity index (χ2v) is 2.88. The highest BCUT2D eigenvalue weighted by molar-refractivity contribution is 5.14. The van der Waals surface area contributed by atoms with Gasteiger partial charge in [0.05, 0.1) is 6.54 Å². The summed E-state index contributed by atoms with van der Waals surface area (Å²) in [5.41, 5.74) is 6.75. The van der Waals surface area contributed by atoms with E-state index in [1.165, 1.54) is 0 Å². The van der Waals surface area contributed by atoms with Crippen LogP contribution in [0.4, 0.5) is 0 Å². The van der Waals surface area contributed by atoms with E-state index in [0.29, 0.717) is 13.1 Å². The normalized spacial score (nSPS) is 11.6. The van der Waals surface area contributed by atoms with Crippen molar-refractivity contribution in [2.75, 3.05) is 13.1 Å². The zero-order valence-electron chi connectivity index (χ0n) is 8.33. The Morgan fingerprint density at radius 2 is 2.50 bits per heavy atom. The van der Waals surface area contributed by atoms with Crippen LogP contribution >= 0.6 is 0 Å². The van der Waals surface area contributed by atoms with Crippen LogP contribution in [0.15, 0.2) is 24.5 Å². The molecular formula is C11H15N3. The molecule has 1 atom stereocenters. The molecule has 0 spiro atoms. The van der Waals surface area contributed by atoms with Crippen LogP contribution in [-0.4, -0.2) is 18.1 Å². The maximum atomic E-state index is 5.65. The molecule has 1 rings (SSSR count). The van der Waals surface area contributed by atoms with Crippen molar-refractivity contribution in [2.45, 2.75) is 13.0 Å². The highest BCUT2D eigenvalue weighted by atomic mass is 14.9. The summed E-state index contributed by atoms with van der Waals surface area (Å²) in [6, 6.07) is 4.06. The van der Waals surface area contributed by atoms with E-state index in [-0.39, 0.29) is 6.04 Å². The predicted molar refractivity (Wildman–Crippen MR) is 57.5 cm³/mol. The molecule has 0 aromatic carbocycles. The van der Waals surface area contributed by atoms with Crippen LogP contribution < -0.4 is 11.1 Å². The van der Waals surface area contributed by atoms with E-state index < -0.39 is 0 Å². The van der Waals surface area contributed by atoms with Crippen molar-refractivity contribution < 1.29 is 0 Å². The third-order valence-electron chi connectivity index (χ3n) is 1.94. The van der Waals surface area contributed by atoms with Gasteiger partial charge < -0.3 is 5.73 Å². The van der Waals surface area contributed by atoms with Crippen molar-refractivity contribution in [3.63, 3.8) is 0 Å². The molecule has 0 aliphatic carbocycles. The number of aromatic nitrogens is 1. The number of hydrogen-bond donors (Lipinski definition) is 2. The van der Waals surface area contributed by atoms with Gasteiger partial charge in [-0.25, -0.2) is 0 Å². The maximum Gasteiger partial charge on any atom is 0.0581 e. The van der Waals surface area contributed by atoms with Crippen molar-refractivity contribution >= 4 is 0 Å². The summed E-state index contributed by atoms with van der Waals surface area (Å²) >= 11 is 0. The summed E-state index contributed by atoms with van der Waals surface area (Å²) in [6.07, 6.45) is 3.58. The standard InChI is InChI=1S/C11H15N3/c1-2-3-7-14-11(8-12)10-5-4-6-13-9-10/h4-6,9,11,14H,7-8,12H2,1H3. The zero-order valence-corrected chi connectivity index (χ0v) is 8.33. The van der Waals surface area contributed by atoms with Gasteiger partial charge in [-0.2, -0.15) is 0 Å². The van der Waals surface area contributed by atoms with E-state index >= 15 is 0 Å². The Hall–Kier alpha value is -1.37. The van der Waals surface area contributed by atoms with Gasteiger partial charge in [-0.15, -0.1) is 5.92 Å². The van der Waals surface area contributed by atoms with Gasteiger partial charge >= 0.3 is 0 Å². The third-order valence-corrected chi connectivity index (χ3v) is 1.94. The van der Waals surface area contributed by atoms with Crippen LogP contribution in [0.1, 0.15) is 18.5 Å². The Morgan fingerprint density at radius 1 is 1.64 bits per heavy atom. The first-order valence-electron chi connectivity index (χ1n) is 4.61. The van der Waals surface area contributed by atoms with Crippen molar-refractivity contribution in [1.29, 1.82) is 0 Å². The third kappa shape index (κ3) is 3.17. The van der Waals surface area contributed by atoms with E-state index in [2.05, 4.69) is 22.1 Å². The van der Waals surface area contributed by atoms with Crippen molar-refractivity contribution in [1.82, 2.24) is 10.3 Å². The lowest BCUT2D eigenvalue weighted by molar-refractivity contribution is 0.580. The molecular weight excluding hydrogens is 174 g/mol. The molecule has 1 aromatic heterocycles. The van der Waals surface area contributed by atoms with Crippen LogP contribution in [0.2, 0.25) is 0 Å². The predicted octanol–water partition coefficient (Wildman–Crippen LogP) is 0.694. The number of hydrogen-bond acceptors (Lipinski definition) is 3. The lowest BCUT2D eigenvalue weighted by Crippen LogP contribution is -2.28. The van der Waals surface area contributed by atoms with Crippen LogP contribution in [0, 0.1) is 11.8 Å². The number of nitrogens with one attached hydrogen (secondary N) is 1. The van der Waals surface area contributed by atoms with Gasteiger partial charge in [0.25, 0.3) is 0 Å². The monoisotopic (exact) mass is 189 g/mol. The molecule has 3 N–H and O–H groups in total. The van der Waals surface area contributed by atoms with E-state index in [1.807, 2.05) is 25.3 Å². The second kappa shape index (κ2) is 6.14. The lowest BCUT2D eigenvalue weighted by Gasteiger charge is -2.14. The van der Waals surface area contributed by atoms with Gasteiger partial charge in [-0.3, -0.25) is 10.3 Å². The van der Waals surface area contributed by atoms with Gasteiger partial charge in [0.1, 0.15) is 0 Å². The summed E-state index contributed by atoms with van der Waals surface area (Å²) < 4.78 is 0. The zero-order chi connectivity index (χ0) is 10.2. The number of pyridine rings is 1. The summed E-state index contributed by atoms with van der Waals surface area (Å²) in [4.78, 5) is 4.05. The van der Waals surface area contributed by atoms with Gasteiger partial charge in [-0.05, 0) is 18.6 Å². The van der Waals surface area contributed by atoms with Crippen LogP contribution in [-0.2, 0) is 0 Å². The average molecular weight is 189 g/mol. The fourth-order valence-corrected chi connectivity index (χ4v) is 1.18. The van der Waals surface area contributed by atoms with E-state index in [4.69, 9.17) is 5.73 Å². The Morgan fingerprint density at radius 3 is 3.07 bits per heavy atom. The van der Waals surface area contributed by atoms with Crippen molar-refractivity contribution in [3.05, 3.63) is 30.1 Å². The van der Waals surface area contributed by atoms with E-state index in [1.54, 1.807) is 6.20 Å². The smallest absolute Gasteiger partial charge is 0.0581 e. The molecule has 0 aliphatic rings. The van der Waals surface area contributed by atoms with Gasteiger partial charge in [-0.1, -0.05) is 12.0 Å². The molecule has 1 aromatic rings. The fourth-order valence-electron chi connectivity index (χ4n) is 1.18. The first kappa shape index (κ1) is 10.7. The van der Waals surface area contributed by atoms with E-state index in [0.717, 1.165) is 5.56 Å². The molecule has 0 saturated heterocycles. The first-order chi connectivity index (χ1) is 6.88. The molecule has 14 heavy (non-hydrogen) atoms. The molecule has 3 heteroatoms. The molecule has 0 saturated carbocycles. The van der Waals surface area contributed by atoms with Crippen LogP contribution in [0.25, 0.3) is 0 Å². The quantitative estimate of drug-likeness (QED) is 0.685. The minimum Gasteiger partial charge on any atom is -0.329 e. The summed E-state index contributed by atoms with van der Waals surface area (Å²) in [5, 5.41) is 3.25. The van der Waals surface area contributed by atoms with Gasteiger partial charge in [0.15, 0.2) is 0 Å². The SMILES string of the molecule is CC#CCNC(CN)c1cccnc1. The molecule has 74 valence electrons. The molecule has 0 radical (unpaired) electrons. The Bertz CT molecular complexity index is 310. The average Bonchev–Trinajstić information content (AvgIpc) is 2.26. The molecule has 3 nitrogen and oxygen atoms in total. The molecule has 0 fully saturated rings. The summed E-state index contributed by atoms with van der Waals surface area (Å²) in [5.74, 6) is 5.78. The molecule has 0 aliphatic heterocycles. The van der Waals surface area contributed by atoms with Gasteiger partial charge in [0.2, 0.25) is 0 Å². The molecule has 0 bridgehead atoms. The Balaban J connectivity index is 2.57. The number of rotatable bonds is 4. The minimum absolute atomic E-state index is 0.143. The Kier molecular flexibility index (Phi) is 4.70. The highest BCUT2D eigenvalue weighted by Gasteiger charge is 2.06. The fraction of sp³-hybridized carbons (Fsp3) is 0.364. The summed E-state index contributed by atoms with van der Waals surface area (Å²) in [7, 11) is 0. The lowest BCUT2D eigenvalue weighted by atomic mass is 10.1. The molecule has 1 unspecified atom stereocenters. The molecule has 1 heterocycles. The second-order valence-electron chi connectivity index (χ2n) is 2.88. The number of nitrogens with zero attached hydrogens (tertiary/aromatic N) is 1. The largest absolute Gasteiger partial charge is 0.329 e. The first-order valence-corrected chi connectivity index (χ1v) is 4.61. The topological polar surface area (TPSA) is 50.9 Å². The number of nitrogens with two attached hydrogens (primary N) is 1. The van der Waals surface area contributed by atoms with Crippen molar-refractivity contribution in [3.8, 4) is 11.8 Å². The Labute approximate surface area is 84.7 Å². The van der Waals surface area contributed by atoms with Gasteiger partial charge in [0, 0.05) is 25.0 Å². The van der Waals surface area contributed by atoms with Crippen LogP contribution in [0.3, 0.4) is 0 Å². The van der Waals surface area contributed by atoms with E-state index in [9.17, 15) is 0 Å². The van der Waals surface area contributed by atoms with Crippen LogP contribution in [0.5, 0.6) is 0 Å². The molecule has 0 amide bonds. The van der Waals surface area contributed by atoms with Crippen molar-refractivity contribution in [2.24, 2.45) is 5.73 Å². The maximum absolute atomic E-state index is 5.65.